The lowest BCUT2D eigenvalue weighted by molar-refractivity contribution is 0.0346. The van der Waals surface area contributed by atoms with Crippen LogP contribution >= 0.6 is 0 Å². The van der Waals surface area contributed by atoms with Crippen LogP contribution in [0.25, 0.3) is 11.0 Å². The Labute approximate surface area is 153 Å². The summed E-state index contributed by atoms with van der Waals surface area (Å²) in [5, 5.41) is 11.2. The first kappa shape index (κ1) is 18.6. The Balaban J connectivity index is 2.03. The standard InChI is InChI=1S/C20H27NO5/c1-6-24-15-9-8-14-13(4)16(26-17(14)18(15)25-7-2)19(22)21-10-12(3)20(5,23)11-21/h8-9,12,23H,6-7,10-11H2,1-5H3. The summed E-state index contributed by atoms with van der Waals surface area (Å²) in [4.78, 5) is 14.7. The molecule has 1 aliphatic rings. The Hall–Kier alpha value is -2.21. The molecular weight excluding hydrogens is 334 g/mol. The van der Waals surface area contributed by atoms with Crippen LogP contribution in [0.2, 0.25) is 0 Å². The maximum Gasteiger partial charge on any atom is 0.290 e. The number of aryl methyl sites for hydroxylation is 1. The van der Waals surface area contributed by atoms with Crippen LogP contribution < -0.4 is 9.47 Å². The van der Waals surface area contributed by atoms with Crippen molar-refractivity contribution in [1.29, 1.82) is 0 Å². The smallest absolute Gasteiger partial charge is 0.290 e. The van der Waals surface area contributed by atoms with E-state index in [0.717, 1.165) is 10.9 Å². The monoisotopic (exact) mass is 361 g/mol. The Kier molecular flexibility index (Phi) is 4.88. The summed E-state index contributed by atoms with van der Waals surface area (Å²) in [5.74, 6) is 1.23. The van der Waals surface area contributed by atoms with Crippen molar-refractivity contribution in [3.05, 3.63) is 23.5 Å². The maximum absolute atomic E-state index is 13.0. The number of hydrogen-bond acceptors (Lipinski definition) is 5. The number of amides is 1. The van der Waals surface area contributed by atoms with E-state index in [1.807, 2.05) is 39.8 Å². The first-order chi connectivity index (χ1) is 12.3. The van der Waals surface area contributed by atoms with E-state index < -0.39 is 5.60 Å². The predicted molar refractivity (Wildman–Crippen MR) is 99.0 cm³/mol. The van der Waals surface area contributed by atoms with Crippen LogP contribution in [-0.2, 0) is 0 Å². The molecule has 1 aromatic heterocycles. The van der Waals surface area contributed by atoms with Gasteiger partial charge in [-0.3, -0.25) is 4.79 Å². The normalized spacial score (nSPS) is 22.8. The van der Waals surface area contributed by atoms with E-state index in [-0.39, 0.29) is 11.8 Å². The molecule has 0 aliphatic carbocycles. The summed E-state index contributed by atoms with van der Waals surface area (Å²) in [6, 6.07) is 3.73. The van der Waals surface area contributed by atoms with Gasteiger partial charge in [0.25, 0.3) is 5.91 Å². The van der Waals surface area contributed by atoms with Gasteiger partial charge in [0.1, 0.15) is 0 Å². The summed E-state index contributed by atoms with van der Waals surface area (Å²) in [6.07, 6.45) is 0. The van der Waals surface area contributed by atoms with Crippen molar-refractivity contribution in [1.82, 2.24) is 4.90 Å². The number of hydrogen-bond donors (Lipinski definition) is 1. The molecule has 0 bridgehead atoms. The van der Waals surface area contributed by atoms with Crippen molar-refractivity contribution in [3.8, 4) is 11.5 Å². The molecule has 0 radical (unpaired) electrons. The molecule has 1 amide bonds. The van der Waals surface area contributed by atoms with Crippen LogP contribution in [-0.4, -0.2) is 47.8 Å². The Morgan fingerprint density at radius 3 is 2.62 bits per heavy atom. The molecule has 0 spiro atoms. The molecule has 0 saturated carbocycles. The molecule has 2 unspecified atom stereocenters. The number of carbonyl (C=O) groups excluding carboxylic acids is 1. The van der Waals surface area contributed by atoms with Gasteiger partial charge in [-0.2, -0.15) is 0 Å². The van der Waals surface area contributed by atoms with Crippen molar-refractivity contribution in [2.75, 3.05) is 26.3 Å². The molecule has 1 N–H and O–H groups in total. The Bertz CT molecular complexity index is 823. The van der Waals surface area contributed by atoms with E-state index in [1.165, 1.54) is 0 Å². The number of β-amino-alcohol motifs (C(OH)–C–C–N with tert-alkyl or cyclic N) is 1. The zero-order chi connectivity index (χ0) is 19.1. The molecule has 26 heavy (non-hydrogen) atoms. The molecule has 1 fully saturated rings. The number of rotatable bonds is 5. The minimum absolute atomic E-state index is 0.0136. The van der Waals surface area contributed by atoms with Gasteiger partial charge in [0.2, 0.25) is 5.75 Å². The fourth-order valence-corrected chi connectivity index (χ4v) is 3.43. The summed E-state index contributed by atoms with van der Waals surface area (Å²) < 4.78 is 17.3. The molecule has 1 aliphatic heterocycles. The maximum atomic E-state index is 13.0. The van der Waals surface area contributed by atoms with Gasteiger partial charge in [0.05, 0.1) is 18.8 Å². The first-order valence-corrected chi connectivity index (χ1v) is 9.13. The molecule has 2 heterocycles. The summed E-state index contributed by atoms with van der Waals surface area (Å²) in [5.41, 5.74) is 0.416. The van der Waals surface area contributed by atoms with E-state index in [9.17, 15) is 9.90 Å². The van der Waals surface area contributed by atoms with Crippen molar-refractivity contribution >= 4 is 16.9 Å². The van der Waals surface area contributed by atoms with E-state index in [1.54, 1.807) is 11.8 Å². The SMILES string of the molecule is CCOc1ccc2c(C)c(C(=O)N3CC(C)C(C)(O)C3)oc2c1OCC. The Morgan fingerprint density at radius 2 is 2.04 bits per heavy atom. The van der Waals surface area contributed by atoms with Gasteiger partial charge in [-0.1, -0.05) is 6.92 Å². The van der Waals surface area contributed by atoms with E-state index in [2.05, 4.69) is 0 Å². The van der Waals surface area contributed by atoms with E-state index in [4.69, 9.17) is 13.9 Å². The molecule has 6 nitrogen and oxygen atoms in total. The summed E-state index contributed by atoms with van der Waals surface area (Å²) in [6.45, 7) is 11.2. The highest BCUT2D eigenvalue weighted by Gasteiger charge is 2.42. The Morgan fingerprint density at radius 1 is 1.35 bits per heavy atom. The molecule has 1 saturated heterocycles. The third-order valence-corrected chi connectivity index (χ3v) is 5.16. The van der Waals surface area contributed by atoms with E-state index >= 15 is 0 Å². The summed E-state index contributed by atoms with van der Waals surface area (Å²) >= 11 is 0. The number of likely N-dealkylation sites (tertiary alicyclic amines) is 1. The molecule has 6 heteroatoms. The fraction of sp³-hybridized carbons (Fsp3) is 0.550. The second-order valence-corrected chi connectivity index (χ2v) is 7.14. The average Bonchev–Trinajstić information content (AvgIpc) is 3.06. The molecule has 2 atom stereocenters. The van der Waals surface area contributed by atoms with Gasteiger partial charge in [-0.05, 0) is 39.8 Å². The average molecular weight is 361 g/mol. The number of ether oxygens (including phenoxy) is 2. The quantitative estimate of drug-likeness (QED) is 0.884. The van der Waals surface area contributed by atoms with Crippen molar-refractivity contribution < 1.29 is 23.8 Å². The fourth-order valence-electron chi connectivity index (χ4n) is 3.43. The lowest BCUT2D eigenvalue weighted by Gasteiger charge is -2.20. The lowest BCUT2D eigenvalue weighted by atomic mass is 9.95. The van der Waals surface area contributed by atoms with Crippen LogP contribution in [0, 0.1) is 12.8 Å². The largest absolute Gasteiger partial charge is 0.490 e. The number of aliphatic hydroxyl groups is 1. The number of furan rings is 1. The van der Waals surface area contributed by atoms with Crippen LogP contribution in [0.4, 0.5) is 0 Å². The molecule has 1 aromatic carbocycles. The number of carbonyl (C=O) groups is 1. The number of benzene rings is 1. The van der Waals surface area contributed by atoms with Gasteiger partial charge in [-0.25, -0.2) is 0 Å². The molecule has 142 valence electrons. The molecular formula is C20H27NO5. The van der Waals surface area contributed by atoms with Crippen molar-refractivity contribution in [2.45, 2.75) is 40.2 Å². The van der Waals surface area contributed by atoms with Crippen LogP contribution in [0.1, 0.15) is 43.8 Å². The van der Waals surface area contributed by atoms with Crippen LogP contribution in [0.15, 0.2) is 16.5 Å². The van der Waals surface area contributed by atoms with Crippen LogP contribution in [0.3, 0.4) is 0 Å². The van der Waals surface area contributed by atoms with Gasteiger partial charge in [-0.15, -0.1) is 0 Å². The zero-order valence-electron chi connectivity index (χ0n) is 16.1. The zero-order valence-corrected chi connectivity index (χ0v) is 16.1. The number of nitrogens with zero attached hydrogens (tertiary/aromatic N) is 1. The minimum atomic E-state index is -0.881. The van der Waals surface area contributed by atoms with Gasteiger partial charge in [0.15, 0.2) is 17.1 Å². The third-order valence-electron chi connectivity index (χ3n) is 5.16. The topological polar surface area (TPSA) is 72.1 Å². The second kappa shape index (κ2) is 6.83. The number of fused-ring (bicyclic) bond motifs is 1. The van der Waals surface area contributed by atoms with Crippen molar-refractivity contribution in [2.24, 2.45) is 5.92 Å². The molecule has 3 rings (SSSR count). The van der Waals surface area contributed by atoms with Gasteiger partial charge >= 0.3 is 0 Å². The van der Waals surface area contributed by atoms with Gasteiger partial charge in [0, 0.05) is 30.0 Å². The predicted octanol–water partition coefficient (Wildman–Crippen LogP) is 3.38. The minimum Gasteiger partial charge on any atom is -0.490 e. The highest BCUT2D eigenvalue weighted by Crippen LogP contribution is 2.40. The second-order valence-electron chi connectivity index (χ2n) is 7.14. The van der Waals surface area contributed by atoms with E-state index in [0.29, 0.717) is 49.1 Å². The lowest BCUT2D eigenvalue weighted by Crippen LogP contribution is -2.35. The third kappa shape index (κ3) is 3.03. The molecule has 2 aromatic rings. The highest BCUT2D eigenvalue weighted by molar-refractivity contribution is 6.01. The van der Waals surface area contributed by atoms with Crippen LogP contribution in [0.5, 0.6) is 11.5 Å². The van der Waals surface area contributed by atoms with Gasteiger partial charge < -0.3 is 23.9 Å². The van der Waals surface area contributed by atoms with Crippen molar-refractivity contribution in [3.63, 3.8) is 0 Å². The summed E-state index contributed by atoms with van der Waals surface area (Å²) in [7, 11) is 0. The highest BCUT2D eigenvalue weighted by atomic mass is 16.5. The first-order valence-electron chi connectivity index (χ1n) is 9.13.